The maximum atomic E-state index is 12.6. The van der Waals surface area contributed by atoms with Crippen LogP contribution in [-0.2, 0) is 15.8 Å². The number of nitrogens with two attached hydrogens (primary N) is 1. The highest BCUT2D eigenvalue weighted by atomic mass is 32.2. The maximum Gasteiger partial charge on any atom is 0.241 e. The van der Waals surface area contributed by atoms with E-state index < -0.39 is 10.0 Å². The third kappa shape index (κ3) is 5.50. The van der Waals surface area contributed by atoms with Crippen molar-refractivity contribution in [1.82, 2.24) is 0 Å². The zero-order valence-electron chi connectivity index (χ0n) is 17.4. The first-order valence-electron chi connectivity index (χ1n) is 10.3. The Hall–Kier alpha value is -2.39. The van der Waals surface area contributed by atoms with Crippen LogP contribution < -0.4 is 14.8 Å². The third-order valence-electron chi connectivity index (χ3n) is 5.20. The van der Waals surface area contributed by atoms with Gasteiger partial charge in [-0.05, 0) is 42.7 Å². The number of nitrogens with zero attached hydrogens (tertiary/aromatic N) is 1. The van der Waals surface area contributed by atoms with E-state index in [1.54, 1.807) is 12.1 Å². The summed E-state index contributed by atoms with van der Waals surface area (Å²) in [6, 6.07) is 22.6. The van der Waals surface area contributed by atoms with Crippen LogP contribution in [0.15, 0.2) is 77.7 Å². The first-order valence-corrected chi connectivity index (χ1v) is 13.3. The van der Waals surface area contributed by atoms with Crippen LogP contribution in [0.5, 0.6) is 11.5 Å². The van der Waals surface area contributed by atoms with Gasteiger partial charge in [-0.3, -0.25) is 0 Å². The van der Waals surface area contributed by atoms with Gasteiger partial charge in [0.1, 0.15) is 10.6 Å². The van der Waals surface area contributed by atoms with Gasteiger partial charge in [0.2, 0.25) is 10.0 Å². The van der Waals surface area contributed by atoms with Crippen LogP contribution in [0.4, 0.5) is 5.69 Å². The molecule has 0 saturated carbocycles. The molecule has 0 bridgehead atoms. The molecule has 0 aliphatic carbocycles. The fourth-order valence-electron chi connectivity index (χ4n) is 3.63. The third-order valence-corrected chi connectivity index (χ3v) is 7.68. The van der Waals surface area contributed by atoms with Gasteiger partial charge in [-0.1, -0.05) is 60.7 Å². The highest BCUT2D eigenvalue weighted by molar-refractivity contribution is 8.23. The zero-order chi connectivity index (χ0) is 22.6. The first-order chi connectivity index (χ1) is 15.4. The number of benzene rings is 3. The average molecular weight is 485 g/mol. The van der Waals surface area contributed by atoms with Crippen molar-refractivity contribution < 1.29 is 13.2 Å². The van der Waals surface area contributed by atoms with Crippen LogP contribution in [0.2, 0.25) is 0 Å². The van der Waals surface area contributed by atoms with Gasteiger partial charge in [0.15, 0.2) is 5.75 Å². The quantitative estimate of drug-likeness (QED) is 0.457. The van der Waals surface area contributed by atoms with Crippen LogP contribution in [0.3, 0.4) is 0 Å². The lowest BCUT2D eigenvalue weighted by Crippen LogP contribution is -2.21. The van der Waals surface area contributed by atoms with Gasteiger partial charge in [0.05, 0.1) is 9.88 Å². The second-order valence-electron chi connectivity index (χ2n) is 7.54. The number of hydrogen-bond donors (Lipinski definition) is 1. The molecule has 2 N–H and O–H groups in total. The molecule has 0 unspecified atom stereocenters. The van der Waals surface area contributed by atoms with E-state index in [4.69, 9.17) is 22.1 Å². The molecule has 5 nitrogen and oxygen atoms in total. The molecule has 3 aromatic rings. The van der Waals surface area contributed by atoms with Crippen molar-refractivity contribution >= 4 is 43.9 Å². The van der Waals surface area contributed by atoms with Gasteiger partial charge in [-0.2, -0.15) is 0 Å². The lowest BCUT2D eigenvalue weighted by atomic mass is 10.2. The Morgan fingerprint density at radius 3 is 2.25 bits per heavy atom. The molecule has 166 valence electrons. The number of hydrogen-bond acceptors (Lipinski definition) is 6. The van der Waals surface area contributed by atoms with Gasteiger partial charge in [0, 0.05) is 24.4 Å². The van der Waals surface area contributed by atoms with Crippen LogP contribution >= 0.6 is 24.0 Å². The molecular formula is C24H24N2O3S3. The fraction of sp³-hybridized carbons (Fsp3) is 0.208. The second kappa shape index (κ2) is 10.0. The fourth-order valence-corrected chi connectivity index (χ4v) is 5.39. The Morgan fingerprint density at radius 1 is 1.00 bits per heavy atom. The number of para-hydroxylation sites is 1. The molecule has 1 aliphatic rings. The van der Waals surface area contributed by atoms with Gasteiger partial charge < -0.3 is 9.64 Å². The van der Waals surface area contributed by atoms with Crippen LogP contribution in [0.1, 0.15) is 24.0 Å². The van der Waals surface area contributed by atoms with Crippen molar-refractivity contribution in [2.45, 2.75) is 23.5 Å². The van der Waals surface area contributed by atoms with Crippen molar-refractivity contribution in [2.24, 2.45) is 5.14 Å². The monoisotopic (exact) mass is 484 g/mol. The van der Waals surface area contributed by atoms with E-state index >= 15 is 0 Å². The Labute approximate surface area is 198 Å². The molecule has 0 aromatic heterocycles. The number of thioether (sulfide) groups is 1. The smallest absolute Gasteiger partial charge is 0.241 e. The molecule has 0 radical (unpaired) electrons. The number of sulfonamides is 1. The van der Waals surface area contributed by atoms with Gasteiger partial charge in [-0.15, -0.1) is 11.8 Å². The SMILES string of the molecule is NS(=O)(=O)c1cc(C(=S)SCc2ccccc2)cc(N2CCCC2)c1Oc1ccccc1. The Morgan fingerprint density at radius 2 is 1.62 bits per heavy atom. The molecule has 8 heteroatoms. The van der Waals surface area contributed by atoms with Gasteiger partial charge in [-0.25, -0.2) is 13.6 Å². The van der Waals surface area contributed by atoms with Gasteiger partial charge in [0.25, 0.3) is 0 Å². The number of rotatable bonds is 7. The topological polar surface area (TPSA) is 72.6 Å². The van der Waals surface area contributed by atoms with E-state index in [0.717, 1.165) is 31.5 Å². The zero-order valence-corrected chi connectivity index (χ0v) is 19.9. The van der Waals surface area contributed by atoms with E-state index in [1.807, 2.05) is 54.6 Å². The molecule has 0 spiro atoms. The lowest BCUT2D eigenvalue weighted by molar-refractivity contribution is 0.467. The molecular weight excluding hydrogens is 460 g/mol. The highest BCUT2D eigenvalue weighted by Gasteiger charge is 2.26. The molecule has 0 atom stereocenters. The van der Waals surface area contributed by atoms with E-state index in [0.29, 0.717) is 26.9 Å². The molecule has 1 saturated heterocycles. The lowest BCUT2D eigenvalue weighted by Gasteiger charge is -2.24. The summed E-state index contributed by atoms with van der Waals surface area (Å²) in [5, 5.41) is 5.64. The van der Waals surface area contributed by atoms with E-state index in [2.05, 4.69) is 4.90 Å². The minimum atomic E-state index is -4.05. The summed E-state index contributed by atoms with van der Waals surface area (Å²) in [7, 11) is -4.05. The summed E-state index contributed by atoms with van der Waals surface area (Å²) in [4.78, 5) is 2.09. The summed E-state index contributed by atoms with van der Waals surface area (Å²) in [6.07, 6.45) is 2.07. The summed E-state index contributed by atoms with van der Waals surface area (Å²) >= 11 is 7.18. The normalized spacial score (nSPS) is 13.8. The molecule has 0 amide bonds. The van der Waals surface area contributed by atoms with Crippen molar-refractivity contribution in [3.8, 4) is 11.5 Å². The van der Waals surface area contributed by atoms with E-state index in [1.165, 1.54) is 17.8 Å². The standard InChI is InChI=1S/C24H24N2O3S3/c25-32(27,28)22-16-19(24(30)31-17-18-9-3-1-4-10-18)15-21(26-13-7-8-14-26)23(22)29-20-11-5-2-6-12-20/h1-6,9-12,15-16H,7-8,13-14,17H2,(H2,25,27,28). The number of ether oxygens (including phenoxy) is 1. The average Bonchev–Trinajstić information content (AvgIpc) is 3.33. The predicted molar refractivity (Wildman–Crippen MR) is 135 cm³/mol. The Balaban J connectivity index is 1.74. The van der Waals surface area contributed by atoms with Crippen LogP contribution in [0, 0.1) is 0 Å². The minimum Gasteiger partial charge on any atom is -0.454 e. The minimum absolute atomic E-state index is 0.0524. The maximum absolute atomic E-state index is 12.6. The predicted octanol–water partition coefficient (Wildman–Crippen LogP) is 5.34. The van der Waals surface area contributed by atoms with Crippen molar-refractivity contribution in [3.63, 3.8) is 0 Å². The molecule has 1 heterocycles. The first kappa shape index (κ1) is 22.8. The molecule has 4 rings (SSSR count). The van der Waals surface area contributed by atoms with Crippen molar-refractivity contribution in [2.75, 3.05) is 18.0 Å². The summed E-state index contributed by atoms with van der Waals surface area (Å²) in [6.45, 7) is 1.64. The molecule has 1 fully saturated rings. The van der Waals surface area contributed by atoms with Gasteiger partial charge >= 0.3 is 0 Å². The molecule has 3 aromatic carbocycles. The largest absolute Gasteiger partial charge is 0.454 e. The summed E-state index contributed by atoms with van der Waals surface area (Å²) in [5.41, 5.74) is 2.51. The number of anilines is 1. The Bertz CT molecular complexity index is 1190. The second-order valence-corrected chi connectivity index (χ2v) is 10.7. The Kier molecular flexibility index (Phi) is 7.15. The van der Waals surface area contributed by atoms with E-state index in [-0.39, 0.29) is 10.6 Å². The van der Waals surface area contributed by atoms with Crippen LogP contribution in [-0.4, -0.2) is 25.7 Å². The highest BCUT2D eigenvalue weighted by Crippen LogP contribution is 2.41. The molecule has 32 heavy (non-hydrogen) atoms. The van der Waals surface area contributed by atoms with Crippen molar-refractivity contribution in [1.29, 1.82) is 0 Å². The van der Waals surface area contributed by atoms with E-state index in [9.17, 15) is 8.42 Å². The van der Waals surface area contributed by atoms with Crippen LogP contribution in [0.25, 0.3) is 0 Å². The number of thiocarbonyl (C=S) groups is 1. The number of primary sulfonamides is 1. The summed E-state index contributed by atoms with van der Waals surface area (Å²) in [5.74, 6) is 1.50. The molecule has 1 aliphatic heterocycles. The summed E-state index contributed by atoms with van der Waals surface area (Å²) < 4.78 is 31.9. The van der Waals surface area contributed by atoms with Crippen molar-refractivity contribution in [3.05, 3.63) is 83.9 Å².